The Bertz CT molecular complexity index is 837. The van der Waals surface area contributed by atoms with Gasteiger partial charge in [-0.05, 0) is 31.2 Å². The van der Waals surface area contributed by atoms with Gasteiger partial charge in [-0.25, -0.2) is 0 Å². The number of thioether (sulfide) groups is 1. The van der Waals surface area contributed by atoms with E-state index in [9.17, 15) is 9.59 Å². The van der Waals surface area contributed by atoms with Crippen LogP contribution in [0.2, 0.25) is 0 Å². The van der Waals surface area contributed by atoms with E-state index in [2.05, 4.69) is 5.32 Å². The molecular formula is C18H16N2O3S. The number of amides is 2. The fourth-order valence-electron chi connectivity index (χ4n) is 3.02. The summed E-state index contributed by atoms with van der Waals surface area (Å²) in [6.45, 7) is 1.97. The third-order valence-corrected chi connectivity index (χ3v) is 5.44. The van der Waals surface area contributed by atoms with Crippen molar-refractivity contribution in [1.82, 2.24) is 0 Å². The first-order valence-electron chi connectivity index (χ1n) is 7.76. The van der Waals surface area contributed by atoms with Gasteiger partial charge in [0, 0.05) is 16.7 Å². The van der Waals surface area contributed by atoms with Crippen LogP contribution < -0.4 is 15.0 Å². The standard InChI is InChI=1S/C18H16N2O3S/c1-11-10-24-15-8-3-2-7-14(15)20(11)18(22)12-5-4-6-13-17(12)23-9-16(21)19-13/h2-8,11H,9-10H2,1H3,(H,19,21). The van der Waals surface area contributed by atoms with E-state index >= 15 is 0 Å². The van der Waals surface area contributed by atoms with Gasteiger partial charge in [0.25, 0.3) is 11.8 Å². The lowest BCUT2D eigenvalue weighted by Gasteiger charge is -2.35. The topological polar surface area (TPSA) is 58.6 Å². The van der Waals surface area contributed by atoms with Gasteiger partial charge in [0.2, 0.25) is 0 Å². The maximum atomic E-state index is 13.3. The van der Waals surface area contributed by atoms with E-state index in [4.69, 9.17) is 4.74 Å². The molecule has 1 atom stereocenters. The summed E-state index contributed by atoms with van der Waals surface area (Å²) in [7, 11) is 0. The predicted octanol–water partition coefficient (Wildman–Crippen LogP) is 3.16. The molecule has 1 N–H and O–H groups in total. The fraction of sp³-hybridized carbons (Fsp3) is 0.222. The smallest absolute Gasteiger partial charge is 0.262 e. The van der Waals surface area contributed by atoms with Gasteiger partial charge >= 0.3 is 0 Å². The molecule has 0 aliphatic carbocycles. The predicted molar refractivity (Wildman–Crippen MR) is 94.0 cm³/mol. The number of anilines is 2. The molecule has 2 heterocycles. The summed E-state index contributed by atoms with van der Waals surface area (Å²) in [6.07, 6.45) is 0. The highest BCUT2D eigenvalue weighted by Gasteiger charge is 2.32. The first-order chi connectivity index (χ1) is 11.6. The molecule has 0 fully saturated rings. The van der Waals surface area contributed by atoms with Crippen LogP contribution in [-0.2, 0) is 4.79 Å². The van der Waals surface area contributed by atoms with Gasteiger partial charge in [-0.1, -0.05) is 18.2 Å². The Balaban J connectivity index is 1.77. The van der Waals surface area contributed by atoms with Crippen molar-refractivity contribution in [1.29, 1.82) is 0 Å². The summed E-state index contributed by atoms with van der Waals surface area (Å²) in [5, 5.41) is 2.75. The van der Waals surface area contributed by atoms with Crippen LogP contribution in [0.15, 0.2) is 47.4 Å². The number of nitrogens with zero attached hydrogens (tertiary/aromatic N) is 1. The SMILES string of the molecule is CC1CSc2ccccc2N1C(=O)c1cccc2c1OCC(=O)N2. The van der Waals surface area contributed by atoms with Crippen molar-refractivity contribution in [2.45, 2.75) is 17.9 Å². The maximum absolute atomic E-state index is 13.3. The zero-order chi connectivity index (χ0) is 16.7. The van der Waals surface area contributed by atoms with Crippen molar-refractivity contribution in [3.63, 3.8) is 0 Å². The molecule has 2 aliphatic heterocycles. The Hall–Kier alpha value is -2.47. The molecule has 0 saturated carbocycles. The monoisotopic (exact) mass is 340 g/mol. The molecule has 2 aromatic rings. The Labute approximate surface area is 144 Å². The molecule has 0 saturated heterocycles. The van der Waals surface area contributed by atoms with Crippen LogP contribution in [-0.4, -0.2) is 30.2 Å². The highest BCUT2D eigenvalue weighted by Crippen LogP contribution is 2.40. The van der Waals surface area contributed by atoms with Crippen LogP contribution >= 0.6 is 11.8 Å². The van der Waals surface area contributed by atoms with E-state index in [0.29, 0.717) is 17.0 Å². The van der Waals surface area contributed by atoms with E-state index in [1.807, 2.05) is 36.1 Å². The second kappa shape index (κ2) is 5.87. The summed E-state index contributed by atoms with van der Waals surface area (Å²) in [5.41, 5.74) is 1.94. The van der Waals surface area contributed by atoms with Gasteiger partial charge in [0.15, 0.2) is 12.4 Å². The van der Waals surface area contributed by atoms with Gasteiger partial charge in [0.05, 0.1) is 16.9 Å². The fourth-order valence-corrected chi connectivity index (χ4v) is 4.08. The molecule has 0 radical (unpaired) electrons. The summed E-state index contributed by atoms with van der Waals surface area (Å²) in [6, 6.07) is 13.2. The minimum atomic E-state index is -0.208. The minimum Gasteiger partial charge on any atom is -0.481 e. The number of benzene rings is 2. The number of carbonyl (C=O) groups excluding carboxylic acids is 2. The molecule has 24 heavy (non-hydrogen) atoms. The molecule has 2 amide bonds. The van der Waals surface area contributed by atoms with E-state index in [0.717, 1.165) is 16.3 Å². The van der Waals surface area contributed by atoms with E-state index in [-0.39, 0.29) is 24.5 Å². The van der Waals surface area contributed by atoms with E-state index in [1.54, 1.807) is 30.0 Å². The third-order valence-electron chi connectivity index (χ3n) is 4.13. The van der Waals surface area contributed by atoms with Crippen LogP contribution in [0.4, 0.5) is 11.4 Å². The number of rotatable bonds is 1. The summed E-state index contributed by atoms with van der Waals surface area (Å²) >= 11 is 1.76. The van der Waals surface area contributed by atoms with Gasteiger partial charge < -0.3 is 15.0 Å². The quantitative estimate of drug-likeness (QED) is 0.866. The van der Waals surface area contributed by atoms with Crippen molar-refractivity contribution in [2.75, 3.05) is 22.6 Å². The molecule has 0 aromatic heterocycles. The van der Waals surface area contributed by atoms with Gasteiger partial charge in [0.1, 0.15) is 0 Å². The highest BCUT2D eigenvalue weighted by atomic mass is 32.2. The van der Waals surface area contributed by atoms with Gasteiger partial charge in [-0.15, -0.1) is 11.8 Å². The lowest BCUT2D eigenvalue weighted by molar-refractivity contribution is -0.118. The van der Waals surface area contributed by atoms with Crippen LogP contribution in [0.25, 0.3) is 0 Å². The average Bonchev–Trinajstić information content (AvgIpc) is 2.60. The summed E-state index contributed by atoms with van der Waals surface area (Å²) in [4.78, 5) is 27.7. The van der Waals surface area contributed by atoms with Crippen molar-refractivity contribution in [3.05, 3.63) is 48.0 Å². The average molecular weight is 340 g/mol. The molecule has 2 aliphatic rings. The Kier molecular flexibility index (Phi) is 3.69. The van der Waals surface area contributed by atoms with Crippen LogP contribution in [0.3, 0.4) is 0 Å². The van der Waals surface area contributed by atoms with Crippen LogP contribution in [0, 0.1) is 0 Å². The van der Waals surface area contributed by atoms with Crippen molar-refractivity contribution >= 4 is 35.0 Å². The number of nitrogens with one attached hydrogen (secondary N) is 1. The number of ether oxygens (including phenoxy) is 1. The number of carbonyl (C=O) groups is 2. The van der Waals surface area contributed by atoms with Crippen LogP contribution in [0.5, 0.6) is 5.75 Å². The number of fused-ring (bicyclic) bond motifs is 2. The second-order valence-electron chi connectivity index (χ2n) is 5.82. The molecule has 6 heteroatoms. The van der Waals surface area contributed by atoms with E-state index < -0.39 is 0 Å². The maximum Gasteiger partial charge on any atom is 0.262 e. The molecule has 4 rings (SSSR count). The highest BCUT2D eigenvalue weighted by molar-refractivity contribution is 7.99. The van der Waals surface area contributed by atoms with Crippen LogP contribution in [0.1, 0.15) is 17.3 Å². The number of para-hydroxylation sites is 2. The molecular weight excluding hydrogens is 324 g/mol. The second-order valence-corrected chi connectivity index (χ2v) is 6.88. The van der Waals surface area contributed by atoms with Crippen molar-refractivity contribution in [2.24, 2.45) is 0 Å². The number of hydrogen-bond acceptors (Lipinski definition) is 4. The largest absolute Gasteiger partial charge is 0.481 e. The molecule has 122 valence electrons. The Morgan fingerprint density at radius 1 is 1.25 bits per heavy atom. The minimum absolute atomic E-state index is 0.0702. The molecule has 5 nitrogen and oxygen atoms in total. The number of hydrogen-bond donors (Lipinski definition) is 1. The molecule has 0 bridgehead atoms. The molecule has 2 aromatic carbocycles. The van der Waals surface area contributed by atoms with Crippen molar-refractivity contribution in [3.8, 4) is 5.75 Å². The zero-order valence-corrected chi connectivity index (χ0v) is 13.9. The molecule has 0 spiro atoms. The lowest BCUT2D eigenvalue weighted by Crippen LogP contribution is -2.43. The first kappa shape index (κ1) is 15.1. The lowest BCUT2D eigenvalue weighted by atomic mass is 10.1. The third kappa shape index (κ3) is 2.43. The van der Waals surface area contributed by atoms with Gasteiger partial charge in [-0.3, -0.25) is 9.59 Å². The Morgan fingerprint density at radius 2 is 2.08 bits per heavy atom. The summed E-state index contributed by atoms with van der Waals surface area (Å²) in [5.74, 6) is 0.975. The zero-order valence-electron chi connectivity index (χ0n) is 13.1. The van der Waals surface area contributed by atoms with Gasteiger partial charge in [-0.2, -0.15) is 0 Å². The van der Waals surface area contributed by atoms with E-state index in [1.165, 1.54) is 0 Å². The molecule has 1 unspecified atom stereocenters. The normalized spacial score (nSPS) is 19.0. The van der Waals surface area contributed by atoms with Crippen molar-refractivity contribution < 1.29 is 14.3 Å². The Morgan fingerprint density at radius 3 is 2.96 bits per heavy atom. The first-order valence-corrected chi connectivity index (χ1v) is 8.75. The summed E-state index contributed by atoms with van der Waals surface area (Å²) < 4.78 is 5.54.